The van der Waals surface area contributed by atoms with Gasteiger partial charge in [0.1, 0.15) is 0 Å². The first-order chi connectivity index (χ1) is 9.43. The Hall–Kier alpha value is -1.63. The van der Waals surface area contributed by atoms with E-state index in [4.69, 9.17) is 5.11 Å². The van der Waals surface area contributed by atoms with Gasteiger partial charge < -0.3 is 10.0 Å². The fourth-order valence-corrected chi connectivity index (χ4v) is 2.32. The van der Waals surface area contributed by atoms with Gasteiger partial charge >= 0.3 is 5.97 Å². The van der Waals surface area contributed by atoms with Crippen LogP contribution in [0, 0.1) is 11.6 Å². The van der Waals surface area contributed by atoms with Crippen molar-refractivity contribution in [2.45, 2.75) is 18.2 Å². The second-order valence-electron chi connectivity index (χ2n) is 3.98. The van der Waals surface area contributed by atoms with Crippen LogP contribution in [0.1, 0.15) is 13.3 Å². The molecule has 1 aromatic carbocycles. The van der Waals surface area contributed by atoms with Crippen molar-refractivity contribution in [2.75, 3.05) is 18.8 Å². The fourth-order valence-electron chi connectivity index (χ4n) is 1.49. The maximum Gasteiger partial charge on any atom is 0.305 e. The molecule has 0 bridgehead atoms. The smallest absolute Gasteiger partial charge is 0.305 e. The van der Waals surface area contributed by atoms with Crippen LogP contribution >= 0.6 is 11.8 Å². The minimum absolute atomic E-state index is 0.0541. The van der Waals surface area contributed by atoms with Crippen LogP contribution in [-0.2, 0) is 9.59 Å². The van der Waals surface area contributed by atoms with Crippen LogP contribution in [0.4, 0.5) is 8.78 Å². The van der Waals surface area contributed by atoms with E-state index in [1.165, 1.54) is 11.0 Å². The summed E-state index contributed by atoms with van der Waals surface area (Å²) in [5, 5.41) is 8.58. The molecule has 0 heterocycles. The highest BCUT2D eigenvalue weighted by Gasteiger charge is 2.13. The third-order valence-electron chi connectivity index (χ3n) is 2.58. The molecule has 0 spiro atoms. The summed E-state index contributed by atoms with van der Waals surface area (Å²) in [6.45, 7) is 2.30. The van der Waals surface area contributed by atoms with Crippen molar-refractivity contribution in [1.82, 2.24) is 4.90 Å². The zero-order valence-electron chi connectivity index (χ0n) is 10.9. The first-order valence-electron chi connectivity index (χ1n) is 6.01. The lowest BCUT2D eigenvalue weighted by molar-refractivity contribution is -0.138. The molecule has 1 aromatic rings. The standard InChI is InChI=1S/C13H15F2NO3S/c1-2-16(6-5-13(18)19)12(17)8-20-9-3-4-10(14)11(15)7-9/h3-4,7H,2,5-6,8H2,1H3,(H,18,19). The molecule has 0 aromatic heterocycles. The third-order valence-corrected chi connectivity index (χ3v) is 3.56. The fraction of sp³-hybridized carbons (Fsp3) is 0.385. The highest BCUT2D eigenvalue weighted by Crippen LogP contribution is 2.20. The monoisotopic (exact) mass is 303 g/mol. The van der Waals surface area contributed by atoms with E-state index < -0.39 is 17.6 Å². The normalized spacial score (nSPS) is 10.3. The van der Waals surface area contributed by atoms with Crippen molar-refractivity contribution in [3.63, 3.8) is 0 Å². The highest BCUT2D eigenvalue weighted by molar-refractivity contribution is 8.00. The van der Waals surface area contributed by atoms with Crippen molar-refractivity contribution in [3.8, 4) is 0 Å². The van der Waals surface area contributed by atoms with E-state index >= 15 is 0 Å². The summed E-state index contributed by atoms with van der Waals surface area (Å²) >= 11 is 1.08. The number of benzene rings is 1. The Morgan fingerprint density at radius 3 is 2.55 bits per heavy atom. The molecule has 1 N–H and O–H groups in total. The SMILES string of the molecule is CCN(CCC(=O)O)C(=O)CSc1ccc(F)c(F)c1. The minimum atomic E-state index is -0.968. The van der Waals surface area contributed by atoms with Gasteiger partial charge in [-0.25, -0.2) is 8.78 Å². The van der Waals surface area contributed by atoms with E-state index in [-0.39, 0.29) is 24.6 Å². The van der Waals surface area contributed by atoms with Gasteiger partial charge in [0.15, 0.2) is 11.6 Å². The van der Waals surface area contributed by atoms with Crippen LogP contribution in [0.25, 0.3) is 0 Å². The average Bonchev–Trinajstić information content (AvgIpc) is 2.40. The number of amides is 1. The number of carboxylic acids is 1. The van der Waals surface area contributed by atoms with Gasteiger partial charge in [-0.05, 0) is 25.1 Å². The Bertz CT molecular complexity index is 497. The summed E-state index contributed by atoms with van der Waals surface area (Å²) in [5.41, 5.74) is 0. The number of halogens is 2. The predicted octanol–water partition coefficient (Wildman–Crippen LogP) is 2.38. The average molecular weight is 303 g/mol. The summed E-state index contributed by atoms with van der Waals surface area (Å²) in [6.07, 6.45) is -0.116. The van der Waals surface area contributed by atoms with E-state index in [0.29, 0.717) is 11.4 Å². The Balaban J connectivity index is 2.52. The molecule has 20 heavy (non-hydrogen) atoms. The second kappa shape index (κ2) is 7.84. The minimum Gasteiger partial charge on any atom is -0.481 e. The van der Waals surface area contributed by atoms with Crippen LogP contribution in [-0.4, -0.2) is 40.7 Å². The molecule has 0 aliphatic carbocycles. The maximum atomic E-state index is 13.0. The van der Waals surface area contributed by atoms with Gasteiger partial charge in [-0.2, -0.15) is 0 Å². The molecular weight excluding hydrogens is 288 g/mol. The lowest BCUT2D eigenvalue weighted by atomic mass is 10.3. The quantitative estimate of drug-likeness (QED) is 0.786. The van der Waals surface area contributed by atoms with Crippen LogP contribution < -0.4 is 0 Å². The van der Waals surface area contributed by atoms with Crippen LogP contribution in [0.2, 0.25) is 0 Å². The summed E-state index contributed by atoms with van der Waals surface area (Å²) in [6, 6.07) is 3.43. The summed E-state index contributed by atoms with van der Waals surface area (Å²) in [4.78, 5) is 24.2. The number of carbonyl (C=O) groups is 2. The molecule has 0 unspecified atom stereocenters. The van der Waals surface area contributed by atoms with Crippen molar-refractivity contribution in [2.24, 2.45) is 0 Å². The van der Waals surface area contributed by atoms with Crippen molar-refractivity contribution in [3.05, 3.63) is 29.8 Å². The van der Waals surface area contributed by atoms with Gasteiger partial charge in [-0.1, -0.05) is 0 Å². The van der Waals surface area contributed by atoms with Gasteiger partial charge in [-0.3, -0.25) is 9.59 Å². The zero-order chi connectivity index (χ0) is 15.1. The molecule has 1 amide bonds. The number of thioether (sulfide) groups is 1. The molecule has 4 nitrogen and oxygen atoms in total. The molecule has 0 saturated heterocycles. The zero-order valence-corrected chi connectivity index (χ0v) is 11.8. The van der Waals surface area contributed by atoms with Gasteiger partial charge in [0, 0.05) is 18.0 Å². The molecule has 0 aliphatic rings. The molecule has 0 saturated carbocycles. The van der Waals surface area contributed by atoms with Gasteiger partial charge in [0.2, 0.25) is 5.91 Å². The van der Waals surface area contributed by atoms with E-state index in [2.05, 4.69) is 0 Å². The number of hydrogen-bond donors (Lipinski definition) is 1. The van der Waals surface area contributed by atoms with Gasteiger partial charge in [-0.15, -0.1) is 11.8 Å². The van der Waals surface area contributed by atoms with Gasteiger partial charge in [0.25, 0.3) is 0 Å². The molecule has 1 rings (SSSR count). The number of carboxylic acid groups (broad SMARTS) is 1. The number of hydrogen-bond acceptors (Lipinski definition) is 3. The Labute approximate surface area is 119 Å². The second-order valence-corrected chi connectivity index (χ2v) is 5.03. The summed E-state index contributed by atoms with van der Waals surface area (Å²) in [5.74, 6) is -3.04. The number of carbonyl (C=O) groups excluding carboxylic acids is 1. The lowest BCUT2D eigenvalue weighted by Crippen LogP contribution is -2.34. The van der Waals surface area contributed by atoms with Gasteiger partial charge in [0.05, 0.1) is 12.2 Å². The Morgan fingerprint density at radius 2 is 2.00 bits per heavy atom. The topological polar surface area (TPSA) is 57.6 Å². The molecule has 0 radical (unpaired) electrons. The van der Waals surface area contributed by atoms with Crippen LogP contribution in [0.15, 0.2) is 23.1 Å². The van der Waals surface area contributed by atoms with E-state index in [0.717, 1.165) is 23.9 Å². The molecule has 0 fully saturated rings. The lowest BCUT2D eigenvalue weighted by Gasteiger charge is -2.19. The van der Waals surface area contributed by atoms with E-state index in [1.807, 2.05) is 0 Å². The van der Waals surface area contributed by atoms with E-state index in [1.54, 1.807) is 6.92 Å². The Morgan fingerprint density at radius 1 is 1.30 bits per heavy atom. The summed E-state index contributed by atoms with van der Waals surface area (Å²) in [7, 11) is 0. The molecule has 110 valence electrons. The number of rotatable bonds is 7. The van der Waals surface area contributed by atoms with Crippen LogP contribution in [0.3, 0.4) is 0 Å². The van der Waals surface area contributed by atoms with Crippen molar-refractivity contribution < 1.29 is 23.5 Å². The molecule has 0 atom stereocenters. The maximum absolute atomic E-state index is 13.0. The van der Waals surface area contributed by atoms with Crippen LogP contribution in [0.5, 0.6) is 0 Å². The van der Waals surface area contributed by atoms with Crippen molar-refractivity contribution in [1.29, 1.82) is 0 Å². The first-order valence-corrected chi connectivity index (χ1v) is 7.00. The molecule has 7 heteroatoms. The number of aliphatic carboxylic acids is 1. The largest absolute Gasteiger partial charge is 0.481 e. The molecule has 0 aliphatic heterocycles. The highest BCUT2D eigenvalue weighted by atomic mass is 32.2. The predicted molar refractivity (Wildman–Crippen MR) is 71.6 cm³/mol. The third kappa shape index (κ3) is 5.16. The first kappa shape index (κ1) is 16.4. The van der Waals surface area contributed by atoms with E-state index in [9.17, 15) is 18.4 Å². The Kier molecular flexibility index (Phi) is 6.44. The summed E-state index contributed by atoms with van der Waals surface area (Å²) < 4.78 is 25.7. The van der Waals surface area contributed by atoms with Crippen molar-refractivity contribution >= 4 is 23.6 Å². The molecular formula is C13H15F2NO3S. The number of nitrogens with zero attached hydrogens (tertiary/aromatic N) is 1.